The zero-order chi connectivity index (χ0) is 13.5. The lowest BCUT2D eigenvalue weighted by Crippen LogP contribution is -2.05. The van der Waals surface area contributed by atoms with Gasteiger partial charge in [-0.1, -0.05) is 27.1 Å². The first-order chi connectivity index (χ1) is 8.58. The van der Waals surface area contributed by atoms with Crippen LogP contribution in [0.2, 0.25) is 0 Å². The molecule has 1 aromatic carbocycles. The lowest BCUT2D eigenvalue weighted by Gasteiger charge is -2.03. The Labute approximate surface area is 111 Å². The van der Waals surface area contributed by atoms with Crippen molar-refractivity contribution in [1.29, 1.82) is 0 Å². The van der Waals surface area contributed by atoms with Gasteiger partial charge < -0.3 is 4.74 Å². The molecule has 0 spiro atoms. The Bertz CT molecular complexity index is 539. The molecule has 94 valence electrons. The topological polar surface area (TPSA) is 75.1 Å². The molecule has 0 radical (unpaired) electrons. The fourth-order valence-electron chi connectivity index (χ4n) is 1.15. The van der Waals surface area contributed by atoms with Crippen molar-refractivity contribution in [2.45, 2.75) is 6.92 Å². The van der Waals surface area contributed by atoms with E-state index in [1.165, 1.54) is 24.3 Å². The third-order valence-corrected chi connectivity index (χ3v) is 2.58. The molecule has 0 heterocycles. The van der Waals surface area contributed by atoms with Crippen LogP contribution in [-0.2, 0) is 9.53 Å². The SMILES string of the molecule is CCOC(=O)/C(=C/c1ccc(F)cc1Br)N=[N+]=[N-]. The van der Waals surface area contributed by atoms with Crippen LogP contribution in [-0.4, -0.2) is 12.6 Å². The maximum absolute atomic E-state index is 12.9. The second-order valence-electron chi connectivity index (χ2n) is 3.11. The maximum Gasteiger partial charge on any atom is 0.340 e. The molecule has 0 saturated carbocycles. The molecule has 0 amide bonds. The second-order valence-corrected chi connectivity index (χ2v) is 3.96. The fourth-order valence-corrected chi connectivity index (χ4v) is 1.61. The highest BCUT2D eigenvalue weighted by Gasteiger charge is 2.09. The van der Waals surface area contributed by atoms with Gasteiger partial charge in [-0.25, -0.2) is 9.18 Å². The zero-order valence-corrected chi connectivity index (χ0v) is 11.0. The van der Waals surface area contributed by atoms with Crippen LogP contribution in [0.25, 0.3) is 16.5 Å². The maximum atomic E-state index is 12.9. The van der Waals surface area contributed by atoms with Crippen LogP contribution in [0.3, 0.4) is 0 Å². The van der Waals surface area contributed by atoms with Gasteiger partial charge in [0.15, 0.2) is 0 Å². The molecule has 0 aliphatic carbocycles. The molecule has 1 rings (SSSR count). The second kappa shape index (κ2) is 6.78. The van der Waals surface area contributed by atoms with E-state index in [4.69, 9.17) is 10.3 Å². The number of carbonyl (C=O) groups is 1. The van der Waals surface area contributed by atoms with E-state index < -0.39 is 11.8 Å². The van der Waals surface area contributed by atoms with E-state index in [9.17, 15) is 9.18 Å². The van der Waals surface area contributed by atoms with Gasteiger partial charge in [-0.15, -0.1) is 0 Å². The number of esters is 1. The molecular weight excluding hydrogens is 305 g/mol. The van der Waals surface area contributed by atoms with E-state index >= 15 is 0 Å². The first-order valence-electron chi connectivity index (χ1n) is 4.97. The summed E-state index contributed by atoms with van der Waals surface area (Å²) in [7, 11) is 0. The van der Waals surface area contributed by atoms with Gasteiger partial charge in [0.2, 0.25) is 0 Å². The van der Waals surface area contributed by atoms with Crippen molar-refractivity contribution in [3.05, 3.63) is 50.2 Å². The number of hydrogen-bond acceptors (Lipinski definition) is 3. The van der Waals surface area contributed by atoms with E-state index in [1.807, 2.05) is 0 Å². The Morgan fingerprint density at radius 1 is 1.67 bits per heavy atom. The summed E-state index contributed by atoms with van der Waals surface area (Å²) in [6, 6.07) is 3.92. The Morgan fingerprint density at radius 2 is 2.39 bits per heavy atom. The summed E-state index contributed by atoms with van der Waals surface area (Å²) in [5.41, 5.74) is 8.70. The molecule has 0 aliphatic rings. The van der Waals surface area contributed by atoms with Crippen molar-refractivity contribution < 1.29 is 13.9 Å². The molecule has 0 saturated heterocycles. The van der Waals surface area contributed by atoms with Gasteiger partial charge >= 0.3 is 5.97 Å². The molecule has 7 heteroatoms. The van der Waals surface area contributed by atoms with Crippen molar-refractivity contribution in [2.24, 2.45) is 5.11 Å². The van der Waals surface area contributed by atoms with Gasteiger partial charge in [-0.2, -0.15) is 0 Å². The molecule has 0 aromatic heterocycles. The largest absolute Gasteiger partial charge is 0.462 e. The molecule has 0 aliphatic heterocycles. The lowest BCUT2D eigenvalue weighted by molar-refractivity contribution is -0.138. The Morgan fingerprint density at radius 3 is 2.94 bits per heavy atom. The Kier molecular flexibility index (Phi) is 5.35. The third-order valence-electron chi connectivity index (χ3n) is 1.89. The van der Waals surface area contributed by atoms with Gasteiger partial charge in [-0.3, -0.25) is 0 Å². The summed E-state index contributed by atoms with van der Waals surface area (Å²) in [5.74, 6) is -1.15. The summed E-state index contributed by atoms with van der Waals surface area (Å²) in [5, 5.41) is 3.25. The van der Waals surface area contributed by atoms with Crippen molar-refractivity contribution in [2.75, 3.05) is 6.61 Å². The van der Waals surface area contributed by atoms with Gasteiger partial charge in [0, 0.05) is 9.38 Å². The molecular formula is C11H9BrFN3O2. The molecule has 0 fully saturated rings. The van der Waals surface area contributed by atoms with Crippen molar-refractivity contribution in [3.63, 3.8) is 0 Å². The highest BCUT2D eigenvalue weighted by atomic mass is 79.9. The van der Waals surface area contributed by atoms with Crippen LogP contribution in [0.15, 0.2) is 33.5 Å². The Balaban J connectivity index is 3.15. The average Bonchev–Trinajstić information content (AvgIpc) is 2.32. The quantitative estimate of drug-likeness (QED) is 0.279. The predicted octanol–water partition coefficient (Wildman–Crippen LogP) is 3.80. The first kappa shape index (κ1) is 14.2. The smallest absolute Gasteiger partial charge is 0.340 e. The summed E-state index contributed by atoms with van der Waals surface area (Å²) in [6.45, 7) is 1.81. The number of ether oxygens (including phenoxy) is 1. The Hall–Kier alpha value is -1.85. The van der Waals surface area contributed by atoms with Crippen LogP contribution in [0.1, 0.15) is 12.5 Å². The molecule has 0 atom stereocenters. The van der Waals surface area contributed by atoms with Crippen LogP contribution in [0.5, 0.6) is 0 Å². The number of rotatable bonds is 4. The highest BCUT2D eigenvalue weighted by molar-refractivity contribution is 9.10. The zero-order valence-electron chi connectivity index (χ0n) is 9.43. The number of carbonyl (C=O) groups excluding carboxylic acids is 1. The number of benzene rings is 1. The van der Waals surface area contributed by atoms with E-state index in [1.54, 1.807) is 6.92 Å². The molecule has 5 nitrogen and oxygen atoms in total. The van der Waals surface area contributed by atoms with Crippen LogP contribution < -0.4 is 0 Å². The molecule has 1 aromatic rings. The number of halogens is 2. The average molecular weight is 314 g/mol. The van der Waals surface area contributed by atoms with Crippen molar-refractivity contribution in [1.82, 2.24) is 0 Å². The fraction of sp³-hybridized carbons (Fsp3) is 0.182. The molecule has 0 unspecified atom stereocenters. The normalized spacial score (nSPS) is 10.7. The minimum atomic E-state index is -0.730. The van der Waals surface area contributed by atoms with Crippen LogP contribution in [0, 0.1) is 5.82 Å². The highest BCUT2D eigenvalue weighted by Crippen LogP contribution is 2.21. The van der Waals surface area contributed by atoms with Crippen LogP contribution in [0.4, 0.5) is 4.39 Å². The third kappa shape index (κ3) is 3.87. The van der Waals surface area contributed by atoms with Gasteiger partial charge in [0.25, 0.3) is 0 Å². The lowest BCUT2D eigenvalue weighted by atomic mass is 10.2. The molecule has 18 heavy (non-hydrogen) atoms. The number of hydrogen-bond donors (Lipinski definition) is 0. The monoisotopic (exact) mass is 313 g/mol. The van der Waals surface area contributed by atoms with Gasteiger partial charge in [0.1, 0.15) is 11.5 Å². The standard InChI is InChI=1S/C11H9BrFN3O2/c1-2-18-11(17)10(15-16-14)5-7-3-4-8(13)6-9(7)12/h3-6H,2H2,1H3/b10-5-. The molecule has 0 N–H and O–H groups in total. The van der Waals surface area contributed by atoms with E-state index in [-0.39, 0.29) is 12.3 Å². The van der Waals surface area contributed by atoms with Gasteiger partial charge in [0.05, 0.1) is 6.61 Å². The van der Waals surface area contributed by atoms with E-state index in [0.29, 0.717) is 10.0 Å². The number of nitrogens with zero attached hydrogens (tertiary/aromatic N) is 3. The van der Waals surface area contributed by atoms with Crippen LogP contribution >= 0.6 is 15.9 Å². The summed E-state index contributed by atoms with van der Waals surface area (Å²) >= 11 is 3.14. The summed E-state index contributed by atoms with van der Waals surface area (Å²) < 4.78 is 18.1. The molecule has 0 bridgehead atoms. The van der Waals surface area contributed by atoms with Crippen molar-refractivity contribution in [3.8, 4) is 0 Å². The minimum Gasteiger partial charge on any atom is -0.462 e. The first-order valence-corrected chi connectivity index (χ1v) is 5.76. The van der Waals surface area contributed by atoms with Crippen molar-refractivity contribution >= 4 is 28.0 Å². The summed E-state index contributed by atoms with van der Waals surface area (Å²) in [4.78, 5) is 14.0. The van der Waals surface area contributed by atoms with E-state index in [2.05, 4.69) is 26.0 Å². The number of azide groups is 1. The summed E-state index contributed by atoms with van der Waals surface area (Å²) in [6.07, 6.45) is 1.32. The van der Waals surface area contributed by atoms with Gasteiger partial charge in [-0.05, 0) is 36.2 Å². The van der Waals surface area contributed by atoms with E-state index in [0.717, 1.165) is 0 Å². The predicted molar refractivity (Wildman–Crippen MR) is 67.9 cm³/mol. The minimum absolute atomic E-state index is 0.168.